The Morgan fingerprint density at radius 1 is 1.26 bits per heavy atom. The number of aryl methyl sites for hydroxylation is 1. The molecular weight excluding hydrogens is 444 g/mol. The molecule has 0 aliphatic heterocycles. The molecule has 34 heavy (non-hydrogen) atoms. The van der Waals surface area contributed by atoms with Crippen LogP contribution in [0.4, 0.5) is 14.7 Å². The maximum absolute atomic E-state index is 13.0. The minimum Gasteiger partial charge on any atom is -0.351 e. The summed E-state index contributed by atoms with van der Waals surface area (Å²) in [7, 11) is 0. The second kappa shape index (κ2) is 8.26. The molecular formula is C22H25F2N9O. The molecule has 12 heteroatoms. The standard InChI is InChI=1S/C22H25F2N9O/c1-4-17(34)32-22(3)5-12(6-22)29-21-27-8-14-13(7-25-18(14)31-21)15-9-26-19-20(30-15)33(10-16(23)24)11(2)28-19/h7-9,12,16H,4-6,10H2,1-3H3,(H,32,34)(H2,25,27,29,31)/t12-,22+. The topological polar surface area (TPSA) is 126 Å². The Bertz CT molecular complexity index is 1370. The smallest absolute Gasteiger partial charge is 0.256 e. The summed E-state index contributed by atoms with van der Waals surface area (Å²) in [4.78, 5) is 36.9. The van der Waals surface area contributed by atoms with E-state index in [1.54, 1.807) is 25.5 Å². The molecule has 0 aromatic carbocycles. The van der Waals surface area contributed by atoms with Gasteiger partial charge in [-0.1, -0.05) is 6.92 Å². The number of aromatic nitrogens is 7. The SMILES string of the molecule is CCC(=O)N[C@]1(C)C[C@H](Nc2ncc3c(-c4cnc5nc(C)n(CC(F)F)c5n4)c[nH]c3n2)C1. The predicted octanol–water partition coefficient (Wildman–Crippen LogP) is 3.20. The van der Waals surface area contributed by atoms with Crippen molar-refractivity contribution in [3.05, 3.63) is 24.4 Å². The van der Waals surface area contributed by atoms with Crippen LogP contribution in [0.15, 0.2) is 18.6 Å². The van der Waals surface area contributed by atoms with E-state index in [9.17, 15) is 13.6 Å². The average molecular weight is 470 g/mol. The van der Waals surface area contributed by atoms with Crippen molar-refractivity contribution in [3.8, 4) is 11.3 Å². The Balaban J connectivity index is 1.36. The number of carbonyl (C=O) groups is 1. The van der Waals surface area contributed by atoms with Gasteiger partial charge in [-0.15, -0.1) is 0 Å². The average Bonchev–Trinajstić information content (AvgIpc) is 3.32. The first kappa shape index (κ1) is 22.1. The molecule has 1 fully saturated rings. The molecule has 0 bridgehead atoms. The fraction of sp³-hybridized carbons (Fsp3) is 0.455. The van der Waals surface area contributed by atoms with E-state index in [-0.39, 0.29) is 17.5 Å². The normalized spacial score (nSPS) is 20.1. The Kier molecular flexibility index (Phi) is 5.37. The number of aromatic amines is 1. The molecule has 1 saturated carbocycles. The zero-order valence-corrected chi connectivity index (χ0v) is 19.1. The lowest BCUT2D eigenvalue weighted by Gasteiger charge is -2.45. The van der Waals surface area contributed by atoms with Crippen LogP contribution in [0.25, 0.3) is 33.6 Å². The highest BCUT2D eigenvalue weighted by molar-refractivity contribution is 5.93. The number of H-pyrrole nitrogens is 1. The first-order chi connectivity index (χ1) is 16.2. The van der Waals surface area contributed by atoms with Gasteiger partial charge in [0.15, 0.2) is 11.3 Å². The molecule has 5 rings (SSSR count). The molecule has 0 saturated heterocycles. The van der Waals surface area contributed by atoms with Gasteiger partial charge in [-0.2, -0.15) is 4.98 Å². The van der Waals surface area contributed by atoms with E-state index in [4.69, 9.17) is 0 Å². The van der Waals surface area contributed by atoms with Gasteiger partial charge < -0.3 is 20.2 Å². The van der Waals surface area contributed by atoms with Gasteiger partial charge >= 0.3 is 0 Å². The van der Waals surface area contributed by atoms with Gasteiger partial charge in [-0.3, -0.25) is 4.79 Å². The molecule has 0 atom stereocenters. The molecule has 10 nitrogen and oxygen atoms in total. The number of nitrogens with zero attached hydrogens (tertiary/aromatic N) is 6. The van der Waals surface area contributed by atoms with E-state index in [0.717, 1.165) is 23.8 Å². The van der Waals surface area contributed by atoms with Gasteiger partial charge in [0.05, 0.1) is 18.4 Å². The highest BCUT2D eigenvalue weighted by Crippen LogP contribution is 2.34. The van der Waals surface area contributed by atoms with E-state index < -0.39 is 13.0 Å². The first-order valence-electron chi connectivity index (χ1n) is 11.1. The molecule has 3 N–H and O–H groups in total. The predicted molar refractivity (Wildman–Crippen MR) is 122 cm³/mol. The van der Waals surface area contributed by atoms with Crippen molar-refractivity contribution in [1.29, 1.82) is 0 Å². The van der Waals surface area contributed by atoms with Crippen molar-refractivity contribution in [2.75, 3.05) is 5.32 Å². The summed E-state index contributed by atoms with van der Waals surface area (Å²) in [5.41, 5.74) is 2.28. The third-order valence-electron chi connectivity index (χ3n) is 6.17. The summed E-state index contributed by atoms with van der Waals surface area (Å²) in [6, 6.07) is 0.167. The van der Waals surface area contributed by atoms with Crippen LogP contribution >= 0.6 is 0 Å². The summed E-state index contributed by atoms with van der Waals surface area (Å²) in [6.07, 6.45) is 4.53. The number of fused-ring (bicyclic) bond motifs is 2. The number of alkyl halides is 2. The highest BCUT2D eigenvalue weighted by Gasteiger charge is 2.41. The van der Waals surface area contributed by atoms with E-state index >= 15 is 0 Å². The van der Waals surface area contributed by atoms with Crippen LogP contribution in [0.1, 0.15) is 38.9 Å². The third kappa shape index (κ3) is 4.03. The van der Waals surface area contributed by atoms with Crippen LogP contribution in [0.2, 0.25) is 0 Å². The molecule has 0 radical (unpaired) electrons. The van der Waals surface area contributed by atoms with Crippen molar-refractivity contribution in [2.24, 2.45) is 0 Å². The summed E-state index contributed by atoms with van der Waals surface area (Å²) in [6.45, 7) is 5.03. The van der Waals surface area contributed by atoms with Crippen molar-refractivity contribution in [2.45, 2.75) is 64.6 Å². The van der Waals surface area contributed by atoms with Gasteiger partial charge in [0.2, 0.25) is 11.9 Å². The lowest BCUT2D eigenvalue weighted by molar-refractivity contribution is -0.123. The largest absolute Gasteiger partial charge is 0.351 e. The highest BCUT2D eigenvalue weighted by atomic mass is 19.3. The van der Waals surface area contributed by atoms with E-state index in [1.807, 2.05) is 13.8 Å². The molecule has 4 heterocycles. The maximum atomic E-state index is 13.0. The number of carbonyl (C=O) groups excluding carboxylic acids is 1. The van der Waals surface area contributed by atoms with Gasteiger partial charge in [0.1, 0.15) is 11.5 Å². The Morgan fingerprint density at radius 2 is 2.06 bits per heavy atom. The monoisotopic (exact) mass is 469 g/mol. The molecule has 178 valence electrons. The molecule has 0 unspecified atom stereocenters. The lowest BCUT2D eigenvalue weighted by Crippen LogP contribution is -2.59. The number of nitrogens with one attached hydrogen (secondary N) is 3. The summed E-state index contributed by atoms with van der Waals surface area (Å²) < 4.78 is 27.4. The fourth-order valence-corrected chi connectivity index (χ4v) is 4.51. The van der Waals surface area contributed by atoms with Crippen LogP contribution in [0.5, 0.6) is 0 Å². The number of imidazole rings is 1. The van der Waals surface area contributed by atoms with Crippen molar-refractivity contribution >= 4 is 34.2 Å². The number of amides is 1. The Labute approximate surface area is 193 Å². The van der Waals surface area contributed by atoms with Crippen LogP contribution in [-0.4, -0.2) is 58.4 Å². The number of rotatable bonds is 7. The quantitative estimate of drug-likeness (QED) is 0.379. The van der Waals surface area contributed by atoms with Gasteiger partial charge in [0, 0.05) is 41.3 Å². The second-order valence-corrected chi connectivity index (χ2v) is 8.93. The van der Waals surface area contributed by atoms with Crippen molar-refractivity contribution in [3.63, 3.8) is 0 Å². The fourth-order valence-electron chi connectivity index (χ4n) is 4.51. The molecule has 4 aromatic heterocycles. The van der Waals surface area contributed by atoms with Gasteiger partial charge in [0.25, 0.3) is 6.43 Å². The molecule has 1 aliphatic rings. The van der Waals surface area contributed by atoms with E-state index in [0.29, 0.717) is 40.8 Å². The van der Waals surface area contributed by atoms with Crippen LogP contribution in [0.3, 0.4) is 0 Å². The van der Waals surface area contributed by atoms with Crippen LogP contribution in [-0.2, 0) is 11.3 Å². The lowest BCUT2D eigenvalue weighted by atomic mass is 9.74. The van der Waals surface area contributed by atoms with E-state index in [2.05, 4.69) is 40.5 Å². The molecule has 0 spiro atoms. The van der Waals surface area contributed by atoms with Crippen LogP contribution in [0, 0.1) is 6.92 Å². The van der Waals surface area contributed by atoms with Crippen LogP contribution < -0.4 is 10.6 Å². The number of hydrogen-bond acceptors (Lipinski definition) is 7. The summed E-state index contributed by atoms with van der Waals surface area (Å²) in [5.74, 6) is 0.972. The molecule has 1 aliphatic carbocycles. The zero-order valence-electron chi connectivity index (χ0n) is 19.1. The first-order valence-corrected chi connectivity index (χ1v) is 11.1. The van der Waals surface area contributed by atoms with Crippen molar-refractivity contribution < 1.29 is 13.6 Å². The van der Waals surface area contributed by atoms with E-state index in [1.165, 1.54) is 4.57 Å². The third-order valence-corrected chi connectivity index (χ3v) is 6.17. The summed E-state index contributed by atoms with van der Waals surface area (Å²) >= 11 is 0. The zero-order chi connectivity index (χ0) is 24.0. The Morgan fingerprint density at radius 3 is 2.79 bits per heavy atom. The minimum atomic E-state index is -2.52. The Hall–Kier alpha value is -3.70. The molecule has 1 amide bonds. The van der Waals surface area contributed by atoms with Gasteiger partial charge in [-0.05, 0) is 26.7 Å². The minimum absolute atomic E-state index is 0.0474. The number of halogens is 2. The number of anilines is 1. The van der Waals surface area contributed by atoms with Crippen molar-refractivity contribution in [1.82, 2.24) is 39.8 Å². The summed E-state index contributed by atoms with van der Waals surface area (Å²) in [5, 5.41) is 7.11. The molecule has 4 aromatic rings. The maximum Gasteiger partial charge on any atom is 0.256 e. The second-order valence-electron chi connectivity index (χ2n) is 8.93. The van der Waals surface area contributed by atoms with Gasteiger partial charge in [-0.25, -0.2) is 28.7 Å². The number of hydrogen-bond donors (Lipinski definition) is 3.